The zero-order chi connectivity index (χ0) is 10.3. The highest BCUT2D eigenvalue weighted by atomic mass is 32.1. The molecule has 0 fully saturated rings. The van der Waals surface area contributed by atoms with Gasteiger partial charge in [0.1, 0.15) is 5.82 Å². The molecule has 0 saturated carbocycles. The van der Waals surface area contributed by atoms with Crippen LogP contribution in [0.4, 0.5) is 0 Å². The zero-order valence-corrected chi connectivity index (χ0v) is 9.03. The highest BCUT2D eigenvalue weighted by Gasteiger charge is 2.07. The van der Waals surface area contributed by atoms with Gasteiger partial charge in [0, 0.05) is 25.6 Å². The van der Waals surface area contributed by atoms with Gasteiger partial charge < -0.3 is 4.57 Å². The topological polar surface area (TPSA) is 30.7 Å². The van der Waals surface area contributed by atoms with Crippen LogP contribution in [0.15, 0.2) is 36.8 Å². The van der Waals surface area contributed by atoms with E-state index in [1.807, 2.05) is 36.3 Å². The van der Waals surface area contributed by atoms with E-state index in [-0.39, 0.29) is 0 Å². The van der Waals surface area contributed by atoms with Crippen molar-refractivity contribution in [1.29, 1.82) is 0 Å². The Morgan fingerprint density at radius 1 is 1.27 bits per heavy atom. The lowest BCUT2D eigenvalue weighted by atomic mass is 10.3. The number of hydrogen-bond acceptors (Lipinski definition) is 3. The van der Waals surface area contributed by atoms with E-state index < -0.39 is 0 Å². The van der Waals surface area contributed by atoms with Gasteiger partial charge in [-0.15, -0.1) is 11.3 Å². The summed E-state index contributed by atoms with van der Waals surface area (Å²) < 4.78 is 3.22. The normalized spacial score (nSPS) is 11.0. The van der Waals surface area contributed by atoms with Crippen LogP contribution >= 0.6 is 11.3 Å². The molecular weight excluding hydrogens is 206 g/mol. The molecule has 0 saturated heterocycles. The molecule has 0 radical (unpaired) electrons. The molecule has 0 bridgehead atoms. The van der Waals surface area contributed by atoms with Gasteiger partial charge in [0.25, 0.3) is 0 Å². The Labute approximate surface area is 91.0 Å². The van der Waals surface area contributed by atoms with E-state index in [0.717, 1.165) is 16.2 Å². The second kappa shape index (κ2) is 3.17. The molecule has 0 aromatic carbocycles. The highest BCUT2D eigenvalue weighted by molar-refractivity contribution is 7.22. The second-order valence-corrected chi connectivity index (χ2v) is 4.44. The minimum absolute atomic E-state index is 0.998. The molecule has 3 heterocycles. The Morgan fingerprint density at radius 3 is 2.93 bits per heavy atom. The van der Waals surface area contributed by atoms with Crippen molar-refractivity contribution < 1.29 is 0 Å². The monoisotopic (exact) mass is 215 g/mol. The molecule has 0 unspecified atom stereocenters. The fourth-order valence-corrected chi connectivity index (χ4v) is 2.64. The average Bonchev–Trinajstić information content (AvgIpc) is 2.82. The molecule has 0 aliphatic rings. The van der Waals surface area contributed by atoms with Gasteiger partial charge in [0.2, 0.25) is 0 Å². The fourth-order valence-electron chi connectivity index (χ4n) is 1.58. The maximum Gasteiger partial charge on any atom is 0.149 e. The summed E-state index contributed by atoms with van der Waals surface area (Å²) in [6.45, 7) is 0. The quantitative estimate of drug-likeness (QED) is 0.625. The average molecular weight is 215 g/mol. The zero-order valence-electron chi connectivity index (χ0n) is 8.21. The van der Waals surface area contributed by atoms with E-state index in [4.69, 9.17) is 0 Å². The standard InChI is InChI=1S/C11H9N3S/c1-14-6-5-13-11(14)10-7-8-9(15-10)3-2-4-12-8/h2-7H,1H3. The van der Waals surface area contributed by atoms with Gasteiger partial charge in [-0.25, -0.2) is 4.98 Å². The largest absolute Gasteiger partial charge is 0.333 e. The molecule has 0 aliphatic carbocycles. The Morgan fingerprint density at radius 2 is 2.20 bits per heavy atom. The van der Waals surface area contributed by atoms with Crippen molar-refractivity contribution in [1.82, 2.24) is 14.5 Å². The summed E-state index contributed by atoms with van der Waals surface area (Å²) >= 11 is 1.72. The maximum atomic E-state index is 4.33. The molecule has 0 atom stereocenters. The minimum Gasteiger partial charge on any atom is -0.333 e. The number of thiophene rings is 1. The first-order valence-corrected chi connectivity index (χ1v) is 5.48. The van der Waals surface area contributed by atoms with Gasteiger partial charge in [-0.3, -0.25) is 4.98 Å². The van der Waals surface area contributed by atoms with Crippen molar-refractivity contribution in [2.24, 2.45) is 7.05 Å². The van der Waals surface area contributed by atoms with E-state index in [1.165, 1.54) is 4.70 Å². The number of imidazole rings is 1. The highest BCUT2D eigenvalue weighted by Crippen LogP contribution is 2.30. The van der Waals surface area contributed by atoms with Gasteiger partial charge in [0.15, 0.2) is 0 Å². The second-order valence-electron chi connectivity index (χ2n) is 3.36. The molecule has 3 rings (SSSR count). The van der Waals surface area contributed by atoms with Crippen LogP contribution in [0.25, 0.3) is 20.9 Å². The molecule has 0 amide bonds. The third-order valence-corrected chi connectivity index (χ3v) is 3.41. The number of pyridine rings is 1. The van der Waals surface area contributed by atoms with Crippen molar-refractivity contribution in [3.8, 4) is 10.7 Å². The minimum atomic E-state index is 0.998. The molecule has 3 nitrogen and oxygen atoms in total. The summed E-state index contributed by atoms with van der Waals surface area (Å²) in [5, 5.41) is 0. The summed E-state index contributed by atoms with van der Waals surface area (Å²) in [7, 11) is 2.00. The number of nitrogens with zero attached hydrogens (tertiary/aromatic N) is 3. The third kappa shape index (κ3) is 1.34. The molecule has 0 N–H and O–H groups in total. The third-order valence-electron chi connectivity index (χ3n) is 2.33. The molecule has 0 aliphatic heterocycles. The predicted octanol–water partition coefficient (Wildman–Crippen LogP) is 2.70. The molecule has 3 aromatic rings. The first-order chi connectivity index (χ1) is 7.34. The smallest absolute Gasteiger partial charge is 0.149 e. The first-order valence-electron chi connectivity index (χ1n) is 4.67. The van der Waals surface area contributed by atoms with Gasteiger partial charge in [-0.05, 0) is 18.2 Å². The Bertz CT molecular complexity index is 576. The summed E-state index contributed by atoms with van der Waals surface area (Å²) in [5.74, 6) is 0.998. The van der Waals surface area contributed by atoms with Crippen LogP contribution in [0.1, 0.15) is 0 Å². The lowest BCUT2D eigenvalue weighted by Gasteiger charge is -1.95. The van der Waals surface area contributed by atoms with Crippen molar-refractivity contribution in [2.45, 2.75) is 0 Å². The Balaban J connectivity index is 2.24. The molecule has 3 aromatic heterocycles. The van der Waals surface area contributed by atoms with Crippen molar-refractivity contribution in [2.75, 3.05) is 0 Å². The fraction of sp³-hybridized carbons (Fsp3) is 0.0909. The molecule has 4 heteroatoms. The summed E-state index contributed by atoms with van der Waals surface area (Å²) in [6.07, 6.45) is 5.58. The first kappa shape index (κ1) is 8.61. The summed E-state index contributed by atoms with van der Waals surface area (Å²) in [5.41, 5.74) is 1.04. The van der Waals surface area contributed by atoms with Crippen LogP contribution < -0.4 is 0 Å². The number of fused-ring (bicyclic) bond motifs is 1. The molecular formula is C11H9N3S. The van der Waals surface area contributed by atoms with E-state index in [9.17, 15) is 0 Å². The number of hydrogen-bond donors (Lipinski definition) is 0. The van der Waals surface area contributed by atoms with E-state index in [0.29, 0.717) is 0 Å². The van der Waals surface area contributed by atoms with Crippen LogP contribution in [0.3, 0.4) is 0 Å². The number of aromatic nitrogens is 3. The molecule has 74 valence electrons. The van der Waals surface area contributed by atoms with Gasteiger partial charge in [0.05, 0.1) is 15.1 Å². The lowest BCUT2D eigenvalue weighted by Crippen LogP contribution is -1.87. The lowest BCUT2D eigenvalue weighted by molar-refractivity contribution is 0.928. The van der Waals surface area contributed by atoms with E-state index >= 15 is 0 Å². The number of aryl methyl sites for hydroxylation is 1. The van der Waals surface area contributed by atoms with E-state index in [2.05, 4.69) is 22.1 Å². The predicted molar refractivity (Wildman–Crippen MR) is 61.8 cm³/mol. The van der Waals surface area contributed by atoms with Crippen LogP contribution in [-0.2, 0) is 7.05 Å². The maximum absolute atomic E-state index is 4.33. The van der Waals surface area contributed by atoms with Crippen LogP contribution in [0.5, 0.6) is 0 Å². The van der Waals surface area contributed by atoms with Crippen molar-refractivity contribution in [3.63, 3.8) is 0 Å². The van der Waals surface area contributed by atoms with Gasteiger partial charge in [-0.1, -0.05) is 0 Å². The van der Waals surface area contributed by atoms with Crippen LogP contribution in [-0.4, -0.2) is 14.5 Å². The van der Waals surface area contributed by atoms with Gasteiger partial charge in [-0.2, -0.15) is 0 Å². The van der Waals surface area contributed by atoms with Crippen LogP contribution in [0.2, 0.25) is 0 Å². The summed E-state index contributed by atoms with van der Waals surface area (Å²) in [4.78, 5) is 9.80. The van der Waals surface area contributed by atoms with E-state index in [1.54, 1.807) is 11.3 Å². The van der Waals surface area contributed by atoms with Crippen molar-refractivity contribution >= 4 is 21.6 Å². The summed E-state index contributed by atoms with van der Waals surface area (Å²) in [6, 6.07) is 6.13. The SMILES string of the molecule is Cn1ccnc1-c1cc2ncccc2s1. The van der Waals surface area contributed by atoms with Crippen molar-refractivity contribution in [3.05, 3.63) is 36.8 Å². The number of rotatable bonds is 1. The Hall–Kier alpha value is -1.68. The van der Waals surface area contributed by atoms with Crippen LogP contribution in [0, 0.1) is 0 Å². The molecule has 15 heavy (non-hydrogen) atoms. The van der Waals surface area contributed by atoms with Gasteiger partial charge >= 0.3 is 0 Å². The Kier molecular flexibility index (Phi) is 1.82. The molecule has 0 spiro atoms.